The molecule has 4 rings (SSSR count). The molecular formula is C20H21FN4O2. The second kappa shape index (κ2) is 7.08. The number of halogens is 1. The van der Waals surface area contributed by atoms with Gasteiger partial charge in [0.15, 0.2) is 5.65 Å². The summed E-state index contributed by atoms with van der Waals surface area (Å²) in [4.78, 5) is 21.2. The number of hydrogen-bond donors (Lipinski definition) is 1. The average Bonchev–Trinajstić information content (AvgIpc) is 3.07. The van der Waals surface area contributed by atoms with E-state index in [-0.39, 0.29) is 17.1 Å². The van der Waals surface area contributed by atoms with Gasteiger partial charge in [-0.05, 0) is 36.6 Å². The van der Waals surface area contributed by atoms with Crippen LogP contribution in [0.5, 0.6) is 0 Å². The Bertz CT molecular complexity index is 979. The van der Waals surface area contributed by atoms with E-state index >= 15 is 0 Å². The highest BCUT2D eigenvalue weighted by atomic mass is 19.1. The molecule has 140 valence electrons. The monoisotopic (exact) mass is 368 g/mol. The number of rotatable bonds is 4. The van der Waals surface area contributed by atoms with Crippen LogP contribution in [0.4, 0.5) is 4.39 Å². The number of imidazole rings is 1. The minimum absolute atomic E-state index is 0.211. The van der Waals surface area contributed by atoms with Crippen molar-refractivity contribution < 1.29 is 13.9 Å². The smallest absolute Gasteiger partial charge is 0.252 e. The second-order valence-corrected chi connectivity index (χ2v) is 7.01. The van der Waals surface area contributed by atoms with E-state index in [1.807, 2.05) is 13.1 Å². The van der Waals surface area contributed by atoms with Crippen LogP contribution < -0.4 is 5.32 Å². The molecule has 1 aliphatic heterocycles. The van der Waals surface area contributed by atoms with E-state index in [9.17, 15) is 9.18 Å². The Labute approximate surface area is 156 Å². The van der Waals surface area contributed by atoms with Gasteiger partial charge >= 0.3 is 0 Å². The summed E-state index contributed by atoms with van der Waals surface area (Å²) in [5.74, 6) is -0.480. The van der Waals surface area contributed by atoms with Crippen LogP contribution in [-0.2, 0) is 17.2 Å². The number of benzene rings is 1. The second-order valence-electron chi connectivity index (χ2n) is 7.01. The highest BCUT2D eigenvalue weighted by Gasteiger charge is 2.35. The Balaban J connectivity index is 1.55. The molecule has 0 radical (unpaired) electrons. The molecule has 1 aromatic carbocycles. The standard InChI is InChI=1S/C20H21FN4O2/c1-25-13-24-17-9-14(11-22-18(17)25)19(26)23-12-20(5-7-27-8-6-20)15-3-2-4-16(21)10-15/h2-4,9-11,13H,5-8,12H2,1H3,(H,23,26). The van der Waals surface area contributed by atoms with Crippen LogP contribution in [0.3, 0.4) is 0 Å². The molecule has 1 N–H and O–H groups in total. The van der Waals surface area contributed by atoms with E-state index in [1.165, 1.54) is 6.07 Å². The molecule has 3 aromatic rings. The van der Waals surface area contributed by atoms with Crippen molar-refractivity contribution in [3.8, 4) is 0 Å². The molecule has 1 saturated heterocycles. The molecule has 1 amide bonds. The number of carbonyl (C=O) groups excluding carboxylic acids is 1. The molecule has 2 aromatic heterocycles. The third kappa shape index (κ3) is 3.42. The minimum atomic E-state index is -0.335. The zero-order valence-corrected chi connectivity index (χ0v) is 15.1. The molecule has 27 heavy (non-hydrogen) atoms. The van der Waals surface area contributed by atoms with Crippen LogP contribution in [-0.4, -0.2) is 40.2 Å². The van der Waals surface area contributed by atoms with Crippen molar-refractivity contribution in [3.05, 3.63) is 59.8 Å². The van der Waals surface area contributed by atoms with Crippen molar-refractivity contribution >= 4 is 17.1 Å². The van der Waals surface area contributed by atoms with Crippen LogP contribution in [0.1, 0.15) is 28.8 Å². The molecule has 7 heteroatoms. The lowest BCUT2D eigenvalue weighted by atomic mass is 9.74. The third-order valence-electron chi connectivity index (χ3n) is 5.29. The SMILES string of the molecule is Cn1cnc2cc(C(=O)NCC3(c4cccc(F)c4)CCOCC3)cnc21. The number of ether oxygens (including phenoxy) is 1. The van der Waals surface area contributed by atoms with Gasteiger partial charge in [0.05, 0.1) is 11.9 Å². The van der Waals surface area contributed by atoms with Crippen molar-refractivity contribution in [1.29, 1.82) is 0 Å². The van der Waals surface area contributed by atoms with E-state index in [1.54, 1.807) is 35.3 Å². The first-order valence-electron chi connectivity index (χ1n) is 8.96. The number of carbonyl (C=O) groups is 1. The van der Waals surface area contributed by atoms with Gasteiger partial charge in [0.1, 0.15) is 11.3 Å². The first kappa shape index (κ1) is 17.6. The van der Waals surface area contributed by atoms with E-state index in [2.05, 4.69) is 15.3 Å². The van der Waals surface area contributed by atoms with Gasteiger partial charge in [0, 0.05) is 38.4 Å². The molecule has 0 spiro atoms. The average molecular weight is 368 g/mol. The fraction of sp³-hybridized carbons (Fsp3) is 0.350. The zero-order valence-electron chi connectivity index (χ0n) is 15.1. The molecule has 0 aliphatic carbocycles. The maximum atomic E-state index is 13.8. The number of fused-ring (bicyclic) bond motifs is 1. The number of amides is 1. The number of aromatic nitrogens is 3. The highest BCUT2D eigenvalue weighted by Crippen LogP contribution is 2.34. The van der Waals surface area contributed by atoms with Crippen molar-refractivity contribution in [3.63, 3.8) is 0 Å². The van der Waals surface area contributed by atoms with Gasteiger partial charge in [0.25, 0.3) is 5.91 Å². The first-order valence-corrected chi connectivity index (χ1v) is 8.96. The lowest BCUT2D eigenvalue weighted by Gasteiger charge is -2.38. The summed E-state index contributed by atoms with van der Waals surface area (Å²) in [5, 5.41) is 3.01. The number of hydrogen-bond acceptors (Lipinski definition) is 4. The van der Waals surface area contributed by atoms with Gasteiger partial charge in [-0.25, -0.2) is 14.4 Å². The number of nitrogens with zero attached hydrogens (tertiary/aromatic N) is 3. The minimum Gasteiger partial charge on any atom is -0.381 e. The van der Waals surface area contributed by atoms with Crippen molar-refractivity contribution in [2.75, 3.05) is 19.8 Å². The van der Waals surface area contributed by atoms with Gasteiger partial charge in [-0.2, -0.15) is 0 Å². The maximum absolute atomic E-state index is 13.8. The number of nitrogens with one attached hydrogen (secondary N) is 1. The Hall–Kier alpha value is -2.80. The Kier molecular flexibility index (Phi) is 4.61. The Morgan fingerprint density at radius 1 is 1.30 bits per heavy atom. The van der Waals surface area contributed by atoms with Crippen molar-refractivity contribution in [2.24, 2.45) is 7.05 Å². The fourth-order valence-corrected chi connectivity index (χ4v) is 3.64. The van der Waals surface area contributed by atoms with Crippen LogP contribution in [0.25, 0.3) is 11.2 Å². The molecule has 1 fully saturated rings. The predicted octanol–water partition coefficient (Wildman–Crippen LogP) is 2.59. The van der Waals surface area contributed by atoms with Gasteiger partial charge < -0.3 is 14.6 Å². The van der Waals surface area contributed by atoms with E-state index in [4.69, 9.17) is 4.74 Å². The fourth-order valence-electron chi connectivity index (χ4n) is 3.64. The molecule has 0 unspecified atom stereocenters. The van der Waals surface area contributed by atoms with Crippen molar-refractivity contribution in [1.82, 2.24) is 19.9 Å². The predicted molar refractivity (Wildman–Crippen MR) is 99.0 cm³/mol. The molecule has 0 bridgehead atoms. The van der Waals surface area contributed by atoms with E-state index < -0.39 is 0 Å². The van der Waals surface area contributed by atoms with Crippen LogP contribution >= 0.6 is 0 Å². The molecule has 0 saturated carbocycles. The summed E-state index contributed by atoms with van der Waals surface area (Å²) in [5.41, 5.74) is 2.42. The van der Waals surface area contributed by atoms with Gasteiger partial charge in [-0.1, -0.05) is 12.1 Å². The normalized spacial score (nSPS) is 16.4. The summed E-state index contributed by atoms with van der Waals surface area (Å²) >= 11 is 0. The first-order chi connectivity index (χ1) is 13.1. The van der Waals surface area contributed by atoms with Crippen LogP contribution in [0, 0.1) is 5.82 Å². The third-order valence-corrected chi connectivity index (χ3v) is 5.29. The summed E-state index contributed by atoms with van der Waals surface area (Å²) in [6.07, 6.45) is 4.68. The van der Waals surface area contributed by atoms with Crippen LogP contribution in [0.15, 0.2) is 42.9 Å². The van der Waals surface area contributed by atoms with Crippen LogP contribution in [0.2, 0.25) is 0 Å². The topological polar surface area (TPSA) is 69.0 Å². The van der Waals surface area contributed by atoms with Gasteiger partial charge in [0.2, 0.25) is 0 Å². The summed E-state index contributed by atoms with van der Waals surface area (Å²) in [7, 11) is 1.86. The quantitative estimate of drug-likeness (QED) is 0.769. The molecule has 0 atom stereocenters. The largest absolute Gasteiger partial charge is 0.381 e. The van der Waals surface area contributed by atoms with E-state index in [0.29, 0.717) is 30.8 Å². The number of pyridine rings is 1. The van der Waals surface area contributed by atoms with Crippen molar-refractivity contribution in [2.45, 2.75) is 18.3 Å². The summed E-state index contributed by atoms with van der Waals surface area (Å²) in [6, 6.07) is 8.35. The molecule has 6 nitrogen and oxygen atoms in total. The number of aryl methyl sites for hydroxylation is 1. The summed E-state index contributed by atoms with van der Waals surface area (Å²) < 4.78 is 21.1. The Morgan fingerprint density at radius 3 is 2.89 bits per heavy atom. The lowest BCUT2D eigenvalue weighted by molar-refractivity contribution is 0.0486. The van der Waals surface area contributed by atoms with Gasteiger partial charge in [-0.15, -0.1) is 0 Å². The maximum Gasteiger partial charge on any atom is 0.252 e. The summed E-state index contributed by atoms with van der Waals surface area (Å²) in [6.45, 7) is 1.60. The molecular weight excluding hydrogens is 347 g/mol. The highest BCUT2D eigenvalue weighted by molar-refractivity contribution is 5.96. The zero-order chi connectivity index (χ0) is 18.9. The van der Waals surface area contributed by atoms with Gasteiger partial charge in [-0.3, -0.25) is 4.79 Å². The van der Waals surface area contributed by atoms with E-state index in [0.717, 1.165) is 24.1 Å². The Morgan fingerprint density at radius 2 is 2.11 bits per heavy atom. The molecule has 1 aliphatic rings. The molecule has 3 heterocycles. The lowest BCUT2D eigenvalue weighted by Crippen LogP contribution is -2.44.